The lowest BCUT2D eigenvalue weighted by Gasteiger charge is -2.24. The van der Waals surface area contributed by atoms with Gasteiger partial charge in [0, 0.05) is 5.92 Å². The van der Waals surface area contributed by atoms with Crippen LogP contribution in [0.3, 0.4) is 0 Å². The minimum atomic E-state index is 0.189. The predicted octanol–water partition coefficient (Wildman–Crippen LogP) is 2.41. The maximum absolute atomic E-state index is 9.12. The van der Waals surface area contributed by atoms with E-state index in [-0.39, 0.29) is 5.88 Å². The van der Waals surface area contributed by atoms with Crippen molar-refractivity contribution in [3.63, 3.8) is 0 Å². The van der Waals surface area contributed by atoms with Crippen LogP contribution in [0.1, 0.15) is 44.3 Å². The normalized spacial score (nSPS) is 29.0. The Kier molecular flexibility index (Phi) is 2.25. The smallest absolute Gasteiger partial charge is 0.208 e. The molecule has 0 atom stereocenters. The van der Waals surface area contributed by atoms with E-state index in [4.69, 9.17) is 5.11 Å². The molecule has 3 nitrogen and oxygen atoms in total. The fourth-order valence-corrected chi connectivity index (χ4v) is 2.07. The van der Waals surface area contributed by atoms with Gasteiger partial charge in [-0.3, -0.25) is 0 Å². The Labute approximate surface area is 78.2 Å². The molecule has 0 aromatic carbocycles. The second kappa shape index (κ2) is 3.40. The van der Waals surface area contributed by atoms with Crippen molar-refractivity contribution in [1.29, 1.82) is 0 Å². The molecule has 13 heavy (non-hydrogen) atoms. The molecular formula is C10H16N2O. The number of nitrogens with zero attached hydrogens (tertiary/aromatic N) is 1. The van der Waals surface area contributed by atoms with Gasteiger partial charge in [-0.25, -0.2) is 4.98 Å². The van der Waals surface area contributed by atoms with Gasteiger partial charge in [0.2, 0.25) is 5.88 Å². The average Bonchev–Trinajstić information content (AvgIpc) is 2.53. The summed E-state index contributed by atoms with van der Waals surface area (Å²) in [5.74, 6) is 2.55. The Balaban J connectivity index is 2.02. The number of rotatable bonds is 1. The number of aromatic hydroxyl groups is 1. The fraction of sp³-hybridized carbons (Fsp3) is 0.700. The van der Waals surface area contributed by atoms with Crippen molar-refractivity contribution in [3.05, 3.63) is 12.0 Å². The number of hydrogen-bond donors (Lipinski definition) is 2. The summed E-state index contributed by atoms with van der Waals surface area (Å²) in [4.78, 5) is 7.06. The van der Waals surface area contributed by atoms with Gasteiger partial charge in [-0.1, -0.05) is 19.8 Å². The van der Waals surface area contributed by atoms with E-state index in [0.717, 1.165) is 11.7 Å². The van der Waals surface area contributed by atoms with E-state index in [2.05, 4.69) is 16.9 Å². The number of hydrogen-bond acceptors (Lipinski definition) is 2. The third-order valence-electron chi connectivity index (χ3n) is 2.98. The van der Waals surface area contributed by atoms with E-state index >= 15 is 0 Å². The Morgan fingerprint density at radius 3 is 2.62 bits per heavy atom. The van der Waals surface area contributed by atoms with Crippen LogP contribution in [0, 0.1) is 5.92 Å². The summed E-state index contributed by atoms with van der Waals surface area (Å²) in [7, 11) is 0. The topological polar surface area (TPSA) is 48.9 Å². The molecule has 0 amide bonds. The maximum Gasteiger partial charge on any atom is 0.208 e. The van der Waals surface area contributed by atoms with Gasteiger partial charge in [-0.15, -0.1) is 0 Å². The summed E-state index contributed by atoms with van der Waals surface area (Å²) in [6, 6.07) is 0. The molecule has 0 saturated heterocycles. The Bertz CT molecular complexity index is 274. The minimum Gasteiger partial charge on any atom is -0.493 e. The molecule has 1 aliphatic carbocycles. The van der Waals surface area contributed by atoms with Gasteiger partial charge >= 0.3 is 0 Å². The molecule has 0 radical (unpaired) electrons. The molecule has 0 spiro atoms. The van der Waals surface area contributed by atoms with E-state index < -0.39 is 0 Å². The largest absolute Gasteiger partial charge is 0.493 e. The van der Waals surface area contributed by atoms with E-state index in [9.17, 15) is 0 Å². The van der Waals surface area contributed by atoms with Crippen LogP contribution in [0.4, 0.5) is 0 Å². The Morgan fingerprint density at radius 1 is 1.38 bits per heavy atom. The molecular weight excluding hydrogens is 164 g/mol. The van der Waals surface area contributed by atoms with Gasteiger partial charge in [-0.05, 0) is 18.8 Å². The highest BCUT2D eigenvalue weighted by molar-refractivity contribution is 5.09. The molecule has 1 aromatic rings. The standard InChI is InChI=1S/C10H16N2O/c1-7-2-4-8(5-3-7)10-11-6-9(13)12-10/h6-8,13H,2-5H2,1H3,(H,11,12). The van der Waals surface area contributed by atoms with Crippen molar-refractivity contribution in [2.45, 2.75) is 38.5 Å². The first kappa shape index (κ1) is 8.60. The van der Waals surface area contributed by atoms with E-state index in [1.165, 1.54) is 31.9 Å². The van der Waals surface area contributed by atoms with Crippen LogP contribution in [-0.4, -0.2) is 15.1 Å². The highest BCUT2D eigenvalue weighted by Gasteiger charge is 2.21. The van der Waals surface area contributed by atoms with Gasteiger partial charge in [0.1, 0.15) is 5.82 Å². The van der Waals surface area contributed by atoms with Gasteiger partial charge in [-0.2, -0.15) is 0 Å². The molecule has 72 valence electrons. The maximum atomic E-state index is 9.12. The van der Waals surface area contributed by atoms with Gasteiger partial charge in [0.25, 0.3) is 0 Å². The molecule has 0 aliphatic heterocycles. The second-order valence-corrected chi connectivity index (χ2v) is 4.11. The Hall–Kier alpha value is -0.990. The van der Waals surface area contributed by atoms with Crippen molar-refractivity contribution >= 4 is 0 Å². The van der Waals surface area contributed by atoms with E-state index in [1.807, 2.05) is 0 Å². The van der Waals surface area contributed by atoms with Crippen molar-refractivity contribution in [3.8, 4) is 5.88 Å². The van der Waals surface area contributed by atoms with Crippen molar-refractivity contribution in [2.75, 3.05) is 0 Å². The monoisotopic (exact) mass is 180 g/mol. The summed E-state index contributed by atoms with van der Waals surface area (Å²) in [5.41, 5.74) is 0. The molecule has 1 saturated carbocycles. The average molecular weight is 180 g/mol. The summed E-state index contributed by atoms with van der Waals surface area (Å²) in [5, 5.41) is 9.12. The number of nitrogens with one attached hydrogen (secondary N) is 1. The van der Waals surface area contributed by atoms with Crippen molar-refractivity contribution in [2.24, 2.45) is 5.92 Å². The van der Waals surface area contributed by atoms with Crippen LogP contribution in [0.25, 0.3) is 0 Å². The molecule has 1 heterocycles. The molecule has 1 aliphatic rings. The number of H-pyrrole nitrogens is 1. The van der Waals surface area contributed by atoms with Gasteiger partial charge in [0.15, 0.2) is 0 Å². The van der Waals surface area contributed by atoms with Crippen LogP contribution < -0.4 is 0 Å². The molecule has 0 bridgehead atoms. The highest BCUT2D eigenvalue weighted by atomic mass is 16.3. The second-order valence-electron chi connectivity index (χ2n) is 4.11. The molecule has 1 fully saturated rings. The number of aromatic nitrogens is 2. The highest BCUT2D eigenvalue weighted by Crippen LogP contribution is 2.34. The summed E-state index contributed by atoms with van der Waals surface area (Å²) in [6.07, 6.45) is 6.47. The van der Waals surface area contributed by atoms with Crippen molar-refractivity contribution in [1.82, 2.24) is 9.97 Å². The zero-order chi connectivity index (χ0) is 9.26. The summed E-state index contributed by atoms with van der Waals surface area (Å²) < 4.78 is 0. The summed E-state index contributed by atoms with van der Waals surface area (Å²) in [6.45, 7) is 2.30. The van der Waals surface area contributed by atoms with Crippen LogP contribution in [0.15, 0.2) is 6.20 Å². The molecule has 1 aromatic heterocycles. The third-order valence-corrected chi connectivity index (χ3v) is 2.98. The first-order chi connectivity index (χ1) is 6.25. The lowest BCUT2D eigenvalue weighted by molar-refractivity contribution is 0.339. The SMILES string of the molecule is CC1CCC(c2ncc(O)[nH]2)CC1. The van der Waals surface area contributed by atoms with Crippen LogP contribution in [0.5, 0.6) is 5.88 Å². The molecule has 2 N–H and O–H groups in total. The van der Waals surface area contributed by atoms with E-state index in [0.29, 0.717) is 5.92 Å². The van der Waals surface area contributed by atoms with Crippen LogP contribution in [-0.2, 0) is 0 Å². The quantitative estimate of drug-likeness (QED) is 0.697. The van der Waals surface area contributed by atoms with Crippen molar-refractivity contribution < 1.29 is 5.11 Å². The van der Waals surface area contributed by atoms with Crippen LogP contribution in [0.2, 0.25) is 0 Å². The molecule has 3 heteroatoms. The minimum absolute atomic E-state index is 0.189. The van der Waals surface area contributed by atoms with Gasteiger partial charge in [0.05, 0.1) is 6.20 Å². The lowest BCUT2D eigenvalue weighted by Crippen LogP contribution is -2.11. The zero-order valence-electron chi connectivity index (χ0n) is 7.95. The first-order valence-corrected chi connectivity index (χ1v) is 4.99. The zero-order valence-corrected chi connectivity index (χ0v) is 7.95. The summed E-state index contributed by atoms with van der Waals surface area (Å²) >= 11 is 0. The molecule has 0 unspecified atom stereocenters. The fourth-order valence-electron chi connectivity index (χ4n) is 2.07. The van der Waals surface area contributed by atoms with E-state index in [1.54, 1.807) is 0 Å². The first-order valence-electron chi connectivity index (χ1n) is 4.99. The number of imidazole rings is 1. The molecule has 2 rings (SSSR count). The van der Waals surface area contributed by atoms with Crippen LogP contribution >= 0.6 is 0 Å². The third kappa shape index (κ3) is 1.85. The Morgan fingerprint density at radius 2 is 2.08 bits per heavy atom. The predicted molar refractivity (Wildman–Crippen MR) is 50.6 cm³/mol. The number of aromatic amines is 1. The lowest BCUT2D eigenvalue weighted by atomic mass is 9.83. The van der Waals surface area contributed by atoms with Gasteiger partial charge < -0.3 is 10.1 Å².